The Morgan fingerprint density at radius 3 is 2.57 bits per heavy atom. The summed E-state index contributed by atoms with van der Waals surface area (Å²) in [5.74, 6) is 0.205. The number of nitrogens with zero attached hydrogens (tertiary/aromatic N) is 1. The molecule has 1 nitrogen and oxygen atoms in total. The van der Waals surface area contributed by atoms with Crippen LogP contribution >= 0.6 is 0 Å². The molecule has 0 bridgehead atoms. The van der Waals surface area contributed by atoms with Crippen LogP contribution in [0.5, 0.6) is 0 Å². The molecule has 0 N–H and O–H groups in total. The molecule has 0 radical (unpaired) electrons. The van der Waals surface area contributed by atoms with Crippen molar-refractivity contribution in [1.82, 2.24) is 0 Å². The Morgan fingerprint density at radius 1 is 1.29 bits per heavy atom. The van der Waals surface area contributed by atoms with E-state index in [0.29, 0.717) is 11.1 Å². The molecule has 1 rings (SSSR count). The highest BCUT2D eigenvalue weighted by Crippen LogP contribution is 2.13. The van der Waals surface area contributed by atoms with Crippen LogP contribution in [0.4, 0.5) is 12.9 Å². The fourth-order valence-electron chi connectivity index (χ4n) is 0.932. The first kappa shape index (κ1) is 10.4. The monoisotopic (exact) mass is 196 g/mol. The maximum absolute atomic E-state index is 11.8. The standard InChI is InChI=1S/C9H6BF3N/c11-10(12,13)5-4-8-2-1-3-9(6-8)7-14/h1-6H/q-1/b5-4+. The average Bonchev–Trinajstić information content (AvgIpc) is 2.14. The zero-order chi connectivity index (χ0) is 10.6. The minimum absolute atomic E-state index is 0.205. The Morgan fingerprint density at radius 2 is 2.00 bits per heavy atom. The Balaban J connectivity index is 2.89. The lowest BCUT2D eigenvalue weighted by Crippen LogP contribution is -2.09. The minimum atomic E-state index is -4.91. The first-order valence-electron chi connectivity index (χ1n) is 3.90. The number of halogens is 3. The molecule has 0 aromatic heterocycles. The maximum atomic E-state index is 11.8. The van der Waals surface area contributed by atoms with E-state index in [1.807, 2.05) is 6.07 Å². The van der Waals surface area contributed by atoms with Gasteiger partial charge in [0.15, 0.2) is 0 Å². The van der Waals surface area contributed by atoms with Gasteiger partial charge in [-0.05, 0) is 17.7 Å². The number of hydrogen-bond donors (Lipinski definition) is 0. The van der Waals surface area contributed by atoms with Crippen molar-refractivity contribution in [1.29, 1.82) is 5.26 Å². The van der Waals surface area contributed by atoms with Gasteiger partial charge in [0, 0.05) is 0 Å². The molecule has 1 aromatic rings. The Labute approximate surface area is 79.5 Å². The van der Waals surface area contributed by atoms with Crippen LogP contribution in [0, 0.1) is 11.3 Å². The molecule has 14 heavy (non-hydrogen) atoms. The molecule has 5 heteroatoms. The lowest BCUT2D eigenvalue weighted by molar-refractivity contribution is 0.499. The highest BCUT2D eigenvalue weighted by atomic mass is 19.4. The second-order valence-corrected chi connectivity index (χ2v) is 2.72. The summed E-state index contributed by atoms with van der Waals surface area (Å²) >= 11 is 0. The predicted molar refractivity (Wildman–Crippen MR) is 49.3 cm³/mol. The minimum Gasteiger partial charge on any atom is -0.445 e. The summed E-state index contributed by atoms with van der Waals surface area (Å²) in [5.41, 5.74) is 0.727. The molecule has 1 aromatic carbocycles. The Hall–Kier alpha value is -1.70. The molecule has 72 valence electrons. The van der Waals surface area contributed by atoms with Crippen molar-refractivity contribution in [3.05, 3.63) is 41.4 Å². The molecule has 0 saturated carbocycles. The van der Waals surface area contributed by atoms with Gasteiger partial charge >= 0.3 is 6.98 Å². The summed E-state index contributed by atoms with van der Waals surface area (Å²) in [6, 6.07) is 7.85. The van der Waals surface area contributed by atoms with E-state index in [9.17, 15) is 12.9 Å². The topological polar surface area (TPSA) is 23.8 Å². The van der Waals surface area contributed by atoms with Crippen LogP contribution < -0.4 is 0 Å². The van der Waals surface area contributed by atoms with E-state index in [1.54, 1.807) is 6.07 Å². The van der Waals surface area contributed by atoms with Crippen LogP contribution in [0.3, 0.4) is 0 Å². The van der Waals surface area contributed by atoms with Gasteiger partial charge in [-0.1, -0.05) is 18.2 Å². The van der Waals surface area contributed by atoms with Crippen LogP contribution in [-0.4, -0.2) is 6.98 Å². The van der Waals surface area contributed by atoms with Crippen molar-refractivity contribution < 1.29 is 12.9 Å². The Kier molecular flexibility index (Phi) is 2.97. The molecule has 0 aliphatic carbocycles. The highest BCUT2D eigenvalue weighted by molar-refractivity contribution is 6.64. The van der Waals surface area contributed by atoms with Gasteiger partial charge in [-0.2, -0.15) is 5.26 Å². The molecule has 0 atom stereocenters. The third-order valence-corrected chi connectivity index (χ3v) is 1.52. The predicted octanol–water partition coefficient (Wildman–Crippen LogP) is 2.96. The van der Waals surface area contributed by atoms with E-state index >= 15 is 0 Å². The molecule has 0 aliphatic heterocycles. The first-order valence-corrected chi connectivity index (χ1v) is 3.90. The van der Waals surface area contributed by atoms with Crippen LogP contribution in [0.2, 0.25) is 0 Å². The molecule has 0 aliphatic rings. The molecular weight excluding hydrogens is 190 g/mol. The van der Waals surface area contributed by atoms with Gasteiger partial charge < -0.3 is 12.9 Å². The van der Waals surface area contributed by atoms with Crippen LogP contribution in [0.1, 0.15) is 11.1 Å². The van der Waals surface area contributed by atoms with E-state index in [1.165, 1.54) is 18.2 Å². The number of nitriles is 1. The van der Waals surface area contributed by atoms with Crippen molar-refractivity contribution in [2.24, 2.45) is 0 Å². The van der Waals surface area contributed by atoms with Crippen molar-refractivity contribution in [3.63, 3.8) is 0 Å². The summed E-state index contributed by atoms with van der Waals surface area (Å²) in [5, 5.41) is 8.50. The summed E-state index contributed by atoms with van der Waals surface area (Å²) in [6.45, 7) is -4.91. The van der Waals surface area contributed by atoms with Crippen LogP contribution in [0.25, 0.3) is 6.08 Å². The van der Waals surface area contributed by atoms with Gasteiger partial charge in [0.25, 0.3) is 0 Å². The number of rotatable bonds is 2. The molecule has 0 saturated heterocycles. The average molecular weight is 196 g/mol. The van der Waals surface area contributed by atoms with Crippen molar-refractivity contribution >= 4 is 13.1 Å². The normalized spacial score (nSPS) is 11.6. The molecule has 0 fully saturated rings. The van der Waals surface area contributed by atoms with Crippen molar-refractivity contribution in [3.8, 4) is 6.07 Å². The highest BCUT2D eigenvalue weighted by Gasteiger charge is 2.16. The van der Waals surface area contributed by atoms with E-state index in [-0.39, 0.29) is 5.98 Å². The van der Waals surface area contributed by atoms with Gasteiger partial charge in [-0.3, -0.25) is 0 Å². The quantitative estimate of drug-likeness (QED) is 0.667. The zero-order valence-corrected chi connectivity index (χ0v) is 7.12. The smallest absolute Gasteiger partial charge is 0.445 e. The summed E-state index contributed by atoms with van der Waals surface area (Å²) in [6.07, 6.45) is 0.959. The third-order valence-electron chi connectivity index (χ3n) is 1.52. The van der Waals surface area contributed by atoms with Crippen LogP contribution in [0.15, 0.2) is 30.2 Å². The van der Waals surface area contributed by atoms with Gasteiger partial charge in [-0.15, -0.1) is 5.98 Å². The molecule has 0 unspecified atom stereocenters. The fourth-order valence-corrected chi connectivity index (χ4v) is 0.932. The lowest BCUT2D eigenvalue weighted by Gasteiger charge is -2.06. The van der Waals surface area contributed by atoms with Gasteiger partial charge in [0.05, 0.1) is 11.6 Å². The summed E-state index contributed by atoms with van der Waals surface area (Å²) in [4.78, 5) is 0. The third kappa shape index (κ3) is 3.36. The lowest BCUT2D eigenvalue weighted by atomic mass is 9.90. The SMILES string of the molecule is N#Cc1cccc(/C=C/[B-](F)(F)F)c1. The number of hydrogen-bond acceptors (Lipinski definition) is 1. The summed E-state index contributed by atoms with van der Waals surface area (Å²) < 4.78 is 35.5. The van der Waals surface area contributed by atoms with E-state index in [4.69, 9.17) is 5.26 Å². The Bertz CT molecular complexity index is 390. The van der Waals surface area contributed by atoms with Gasteiger partial charge in [0.1, 0.15) is 0 Å². The fraction of sp³-hybridized carbons (Fsp3) is 0. The molecule has 0 amide bonds. The molecule has 0 heterocycles. The molecule has 0 spiro atoms. The van der Waals surface area contributed by atoms with E-state index in [0.717, 1.165) is 6.08 Å². The van der Waals surface area contributed by atoms with Gasteiger partial charge in [0.2, 0.25) is 0 Å². The van der Waals surface area contributed by atoms with E-state index in [2.05, 4.69) is 0 Å². The largest absolute Gasteiger partial charge is 0.502 e. The second kappa shape index (κ2) is 4.01. The maximum Gasteiger partial charge on any atom is 0.502 e. The van der Waals surface area contributed by atoms with Crippen molar-refractivity contribution in [2.75, 3.05) is 0 Å². The second-order valence-electron chi connectivity index (χ2n) is 2.72. The van der Waals surface area contributed by atoms with Crippen molar-refractivity contribution in [2.45, 2.75) is 0 Å². The summed E-state index contributed by atoms with van der Waals surface area (Å²) in [7, 11) is 0. The number of benzene rings is 1. The van der Waals surface area contributed by atoms with Gasteiger partial charge in [-0.25, -0.2) is 0 Å². The first-order chi connectivity index (χ1) is 6.51. The zero-order valence-electron chi connectivity index (χ0n) is 7.12. The van der Waals surface area contributed by atoms with E-state index < -0.39 is 6.98 Å². The molecular formula is C9H6BF3N-. The van der Waals surface area contributed by atoms with Crippen LogP contribution in [-0.2, 0) is 0 Å².